The Hall–Kier alpha value is -3.56. The van der Waals surface area contributed by atoms with E-state index in [0.717, 1.165) is 0 Å². The Bertz CT molecular complexity index is 1570. The predicted molar refractivity (Wildman–Crippen MR) is 144 cm³/mol. The molecule has 3 aromatic rings. The van der Waals surface area contributed by atoms with Crippen molar-refractivity contribution >= 4 is 34.9 Å². The van der Waals surface area contributed by atoms with Crippen LogP contribution in [0.1, 0.15) is 37.9 Å². The number of aromatic hydroxyl groups is 1. The Kier molecular flexibility index (Phi) is 7.75. The second-order valence-electron chi connectivity index (χ2n) is 8.37. The van der Waals surface area contributed by atoms with Gasteiger partial charge in [0.1, 0.15) is 23.3 Å². The minimum Gasteiger partial charge on any atom is -0.507 e. The molecular weight excluding hydrogens is 514 g/mol. The van der Waals surface area contributed by atoms with Crippen molar-refractivity contribution in [1.29, 1.82) is 0 Å². The third-order valence-corrected chi connectivity index (χ3v) is 7.53. The maximum atomic E-state index is 13.9. The van der Waals surface area contributed by atoms with E-state index in [9.17, 15) is 14.7 Å². The summed E-state index contributed by atoms with van der Waals surface area (Å²) < 4.78 is 13.0. The van der Waals surface area contributed by atoms with Gasteiger partial charge < -0.3 is 19.5 Å². The minimum absolute atomic E-state index is 0.00479. The number of hydrogen-bond acceptors (Lipinski definition) is 7. The molecule has 0 spiro atoms. The fourth-order valence-corrected chi connectivity index (χ4v) is 5.62. The number of likely N-dealkylation sites (N-methyl/N-ethyl adjacent to an activating group) is 1. The molecule has 0 fully saturated rings. The van der Waals surface area contributed by atoms with Gasteiger partial charge in [0.05, 0.1) is 30.0 Å². The van der Waals surface area contributed by atoms with Gasteiger partial charge in [-0.25, -0.2) is 4.99 Å². The van der Waals surface area contributed by atoms with E-state index in [-0.39, 0.29) is 17.2 Å². The van der Waals surface area contributed by atoms with Crippen molar-refractivity contribution in [3.63, 3.8) is 0 Å². The van der Waals surface area contributed by atoms with Gasteiger partial charge in [0.15, 0.2) is 4.80 Å². The average Bonchev–Trinajstić information content (AvgIpc) is 3.19. The second-order valence-corrected chi connectivity index (χ2v) is 9.82. The number of aromatic nitrogens is 1. The van der Waals surface area contributed by atoms with Crippen molar-refractivity contribution in [2.45, 2.75) is 26.8 Å². The largest absolute Gasteiger partial charge is 0.507 e. The molecule has 10 heteroatoms. The number of nitrogens with zero attached hydrogens (tertiary/aromatic N) is 3. The van der Waals surface area contributed by atoms with E-state index >= 15 is 0 Å². The van der Waals surface area contributed by atoms with Gasteiger partial charge in [0.2, 0.25) is 0 Å². The first kappa shape index (κ1) is 26.5. The molecule has 0 radical (unpaired) electrons. The molecule has 0 bridgehead atoms. The molecule has 1 aromatic heterocycles. The molecule has 1 atom stereocenters. The summed E-state index contributed by atoms with van der Waals surface area (Å²) in [7, 11) is 3.09. The number of allylic oxidation sites excluding steroid dienone is 1. The van der Waals surface area contributed by atoms with Crippen LogP contribution in [0.15, 0.2) is 57.5 Å². The van der Waals surface area contributed by atoms with E-state index in [2.05, 4.69) is 4.99 Å². The van der Waals surface area contributed by atoms with Gasteiger partial charge in [-0.1, -0.05) is 22.9 Å². The highest BCUT2D eigenvalue weighted by molar-refractivity contribution is 7.07. The number of amides is 1. The number of methoxy groups -OCH3 is 2. The molecular formula is C27H28ClN3O5S. The average molecular weight is 542 g/mol. The number of thiazole rings is 1. The van der Waals surface area contributed by atoms with Gasteiger partial charge in [-0.2, -0.15) is 0 Å². The van der Waals surface area contributed by atoms with E-state index in [0.29, 0.717) is 61.3 Å². The lowest BCUT2D eigenvalue weighted by Gasteiger charge is -2.30. The van der Waals surface area contributed by atoms with E-state index in [1.807, 2.05) is 13.8 Å². The first-order valence-corrected chi connectivity index (χ1v) is 13.0. The van der Waals surface area contributed by atoms with Crippen molar-refractivity contribution < 1.29 is 19.4 Å². The number of fused-ring (bicyclic) bond motifs is 1. The minimum atomic E-state index is -0.801. The standard InChI is InChI=1S/C27H28ClN3O5S/c1-6-30(7-2)26(34)23-15(3)29-27-31(24(23)19-14-18(35-4)9-11-21(19)36-5)25(33)22(37-27)13-16-12-17(28)8-10-20(16)32/h8-14,24,32H,6-7H2,1-5H3/b22-13+/t24-/m0/s1. The van der Waals surface area contributed by atoms with Crippen LogP contribution in [0.3, 0.4) is 0 Å². The van der Waals surface area contributed by atoms with Crippen LogP contribution in [0, 0.1) is 0 Å². The van der Waals surface area contributed by atoms with E-state index < -0.39 is 6.04 Å². The number of phenols is 1. The molecule has 194 valence electrons. The number of phenolic OH excluding ortho intramolecular Hbond substituents is 1. The molecule has 1 aliphatic heterocycles. The molecule has 8 nitrogen and oxygen atoms in total. The maximum Gasteiger partial charge on any atom is 0.271 e. The van der Waals surface area contributed by atoms with Gasteiger partial charge in [0, 0.05) is 29.2 Å². The highest BCUT2D eigenvalue weighted by Crippen LogP contribution is 2.38. The Morgan fingerprint density at radius 1 is 1.19 bits per heavy atom. The quantitative estimate of drug-likeness (QED) is 0.494. The molecule has 0 saturated carbocycles. The number of ether oxygens (including phenoxy) is 2. The summed E-state index contributed by atoms with van der Waals surface area (Å²) in [4.78, 5) is 34.5. The third kappa shape index (κ3) is 4.89. The maximum absolute atomic E-state index is 13.9. The number of carbonyl (C=O) groups excluding carboxylic acids is 1. The van der Waals surface area contributed by atoms with Gasteiger partial charge in [-0.15, -0.1) is 0 Å². The van der Waals surface area contributed by atoms with Crippen molar-refractivity contribution in [3.8, 4) is 17.2 Å². The zero-order valence-electron chi connectivity index (χ0n) is 21.2. The number of hydrogen-bond donors (Lipinski definition) is 1. The van der Waals surface area contributed by atoms with Gasteiger partial charge in [0.25, 0.3) is 11.5 Å². The summed E-state index contributed by atoms with van der Waals surface area (Å²) in [6, 6.07) is 9.11. The smallest absolute Gasteiger partial charge is 0.271 e. The van der Waals surface area contributed by atoms with E-state index in [1.165, 1.54) is 22.0 Å². The van der Waals surface area contributed by atoms with Crippen LogP contribution in [0.4, 0.5) is 0 Å². The first-order chi connectivity index (χ1) is 17.7. The predicted octanol–water partition coefficient (Wildman–Crippen LogP) is 3.48. The molecule has 1 amide bonds. The Balaban J connectivity index is 2.05. The zero-order chi connectivity index (χ0) is 26.9. The van der Waals surface area contributed by atoms with Crippen LogP contribution < -0.4 is 24.4 Å². The molecule has 4 rings (SSSR count). The molecule has 0 unspecified atom stereocenters. The lowest BCUT2D eigenvalue weighted by atomic mass is 9.93. The molecule has 0 aliphatic carbocycles. The van der Waals surface area contributed by atoms with Gasteiger partial charge >= 0.3 is 0 Å². The molecule has 1 N–H and O–H groups in total. The zero-order valence-corrected chi connectivity index (χ0v) is 22.8. The highest BCUT2D eigenvalue weighted by atomic mass is 35.5. The molecule has 37 heavy (non-hydrogen) atoms. The lowest BCUT2D eigenvalue weighted by molar-refractivity contribution is -0.127. The Morgan fingerprint density at radius 2 is 1.92 bits per heavy atom. The molecule has 1 aliphatic rings. The number of benzene rings is 2. The van der Waals surface area contributed by atoms with E-state index in [1.54, 1.807) is 62.5 Å². The lowest BCUT2D eigenvalue weighted by Crippen LogP contribution is -2.43. The second kappa shape index (κ2) is 10.8. The van der Waals surface area contributed by atoms with Crippen LogP contribution in [0.25, 0.3) is 6.08 Å². The highest BCUT2D eigenvalue weighted by Gasteiger charge is 2.36. The van der Waals surface area contributed by atoms with E-state index in [4.69, 9.17) is 21.1 Å². The summed E-state index contributed by atoms with van der Waals surface area (Å²) in [5.41, 5.74) is 1.56. The molecule has 2 aromatic carbocycles. The van der Waals surface area contributed by atoms with Crippen LogP contribution >= 0.6 is 22.9 Å². The van der Waals surface area contributed by atoms with Crippen LogP contribution in [-0.4, -0.2) is 47.8 Å². The monoisotopic (exact) mass is 541 g/mol. The first-order valence-electron chi connectivity index (χ1n) is 11.8. The summed E-state index contributed by atoms with van der Waals surface area (Å²) >= 11 is 7.29. The number of carbonyl (C=O) groups is 1. The summed E-state index contributed by atoms with van der Waals surface area (Å²) in [5.74, 6) is 0.858. The number of halogens is 1. The Morgan fingerprint density at radius 3 is 2.57 bits per heavy atom. The van der Waals surface area contributed by atoms with Crippen molar-refractivity contribution in [2.24, 2.45) is 4.99 Å². The van der Waals surface area contributed by atoms with Gasteiger partial charge in [-0.3, -0.25) is 14.2 Å². The number of rotatable bonds is 7. The summed E-state index contributed by atoms with van der Waals surface area (Å²) in [6.45, 7) is 6.60. The summed E-state index contributed by atoms with van der Waals surface area (Å²) in [6.07, 6.45) is 1.58. The van der Waals surface area contributed by atoms with Crippen LogP contribution in [0.5, 0.6) is 17.2 Å². The molecule has 0 saturated heterocycles. The van der Waals surface area contributed by atoms with Crippen molar-refractivity contribution in [2.75, 3.05) is 27.3 Å². The SMILES string of the molecule is CCN(CC)C(=O)C1=C(C)N=c2s/c(=C/c3cc(Cl)ccc3O)c(=O)n2[C@H]1c1cc(OC)ccc1OC. The molecule has 2 heterocycles. The summed E-state index contributed by atoms with van der Waals surface area (Å²) in [5, 5.41) is 10.7. The van der Waals surface area contributed by atoms with Crippen LogP contribution in [-0.2, 0) is 4.79 Å². The third-order valence-electron chi connectivity index (χ3n) is 6.31. The van der Waals surface area contributed by atoms with Crippen molar-refractivity contribution in [3.05, 3.63) is 83.5 Å². The van der Waals surface area contributed by atoms with Gasteiger partial charge in [-0.05, 0) is 63.2 Å². The Labute approximate surface area is 223 Å². The fourth-order valence-electron chi connectivity index (χ4n) is 4.41. The normalized spacial score (nSPS) is 15.3. The fraction of sp³-hybridized carbons (Fsp3) is 0.296. The topological polar surface area (TPSA) is 93.4 Å². The van der Waals surface area contributed by atoms with Crippen molar-refractivity contribution in [1.82, 2.24) is 9.47 Å². The van der Waals surface area contributed by atoms with Crippen LogP contribution in [0.2, 0.25) is 5.02 Å².